The molecule has 2 N–H and O–H groups in total. The van der Waals surface area contributed by atoms with Crippen molar-refractivity contribution in [3.8, 4) is 0 Å². The molecule has 0 spiro atoms. The van der Waals surface area contributed by atoms with E-state index in [-0.39, 0.29) is 29.9 Å². The summed E-state index contributed by atoms with van der Waals surface area (Å²) in [6, 6.07) is 6.84. The lowest BCUT2D eigenvalue weighted by Gasteiger charge is -2.39. The maximum atomic E-state index is 14.1. The zero-order valence-electron chi connectivity index (χ0n) is 14.0. The van der Waals surface area contributed by atoms with Gasteiger partial charge in [-0.2, -0.15) is 5.10 Å². The van der Waals surface area contributed by atoms with Crippen LogP contribution in [0.25, 0.3) is 0 Å². The highest BCUT2D eigenvalue weighted by Crippen LogP contribution is 2.43. The van der Waals surface area contributed by atoms with E-state index in [9.17, 15) is 8.78 Å². The van der Waals surface area contributed by atoms with Crippen molar-refractivity contribution in [3.05, 3.63) is 48.3 Å². The fourth-order valence-corrected chi connectivity index (χ4v) is 4.44. The van der Waals surface area contributed by atoms with E-state index in [1.54, 1.807) is 6.33 Å². The number of hydrogen-bond donors (Lipinski definition) is 1. The van der Waals surface area contributed by atoms with Crippen LogP contribution in [-0.4, -0.2) is 51.0 Å². The van der Waals surface area contributed by atoms with Crippen molar-refractivity contribution >= 4 is 0 Å². The van der Waals surface area contributed by atoms with Gasteiger partial charge in [0.05, 0.1) is 6.04 Å². The van der Waals surface area contributed by atoms with Gasteiger partial charge in [0.2, 0.25) is 0 Å². The predicted molar refractivity (Wildman–Crippen MR) is 90.3 cm³/mol. The first kappa shape index (κ1) is 16.6. The third-order valence-corrected chi connectivity index (χ3v) is 5.54. The Hall–Kier alpha value is -1.86. The Morgan fingerprint density at radius 3 is 2.48 bits per heavy atom. The van der Waals surface area contributed by atoms with Gasteiger partial charge < -0.3 is 5.73 Å². The van der Waals surface area contributed by atoms with Crippen LogP contribution in [0.3, 0.4) is 0 Å². The van der Waals surface area contributed by atoms with E-state index >= 15 is 0 Å². The van der Waals surface area contributed by atoms with Crippen molar-refractivity contribution in [3.63, 3.8) is 0 Å². The van der Waals surface area contributed by atoms with Crippen molar-refractivity contribution in [1.82, 2.24) is 19.7 Å². The van der Waals surface area contributed by atoms with E-state index in [1.165, 1.54) is 18.5 Å². The highest BCUT2D eigenvalue weighted by Gasteiger charge is 2.42. The minimum atomic E-state index is -0.884. The zero-order valence-corrected chi connectivity index (χ0v) is 14.0. The van der Waals surface area contributed by atoms with Gasteiger partial charge >= 0.3 is 0 Å². The second kappa shape index (κ2) is 6.80. The highest BCUT2D eigenvalue weighted by atomic mass is 19.1. The molecule has 1 aromatic heterocycles. The van der Waals surface area contributed by atoms with Gasteiger partial charge in [0.15, 0.2) is 0 Å². The number of likely N-dealkylation sites (tertiary alicyclic amines) is 1. The van der Waals surface area contributed by atoms with Gasteiger partial charge in [0, 0.05) is 25.2 Å². The van der Waals surface area contributed by atoms with Crippen molar-refractivity contribution in [1.29, 1.82) is 0 Å². The summed E-state index contributed by atoms with van der Waals surface area (Å²) in [5.41, 5.74) is 7.17. The molecule has 0 radical (unpaired) electrons. The minimum absolute atomic E-state index is 0.120. The van der Waals surface area contributed by atoms with Crippen LogP contribution in [-0.2, 0) is 0 Å². The van der Waals surface area contributed by atoms with E-state index in [2.05, 4.69) is 15.0 Å². The number of alkyl halides is 1. The quantitative estimate of drug-likeness (QED) is 0.925. The van der Waals surface area contributed by atoms with Crippen molar-refractivity contribution < 1.29 is 8.78 Å². The van der Waals surface area contributed by atoms with Crippen LogP contribution in [0.1, 0.15) is 36.8 Å². The van der Waals surface area contributed by atoms with E-state index in [0.717, 1.165) is 18.4 Å². The normalized spacial score (nSPS) is 33.6. The van der Waals surface area contributed by atoms with Gasteiger partial charge in [-0.15, -0.1) is 0 Å². The molecule has 4 rings (SSSR count). The molecule has 1 aliphatic carbocycles. The monoisotopic (exact) mass is 347 g/mol. The number of benzene rings is 1. The molecule has 3 unspecified atom stereocenters. The maximum absolute atomic E-state index is 14.1. The fraction of sp³-hybridized carbons (Fsp3) is 0.556. The molecular formula is C18H23F2N5. The molecule has 1 aromatic carbocycles. The Morgan fingerprint density at radius 1 is 1.04 bits per heavy atom. The standard InChI is InChI=1S/C18H23F2N5/c19-14-3-1-12(2-4-14)13-5-17(18(6-13)25-11-22-10-23-25)24-8-15(20)7-16(21)9-24/h1-4,10-11,13,15-18H,5-9,21H2/t13?,15?,16?,17-,18-/m0/s1. The Labute approximate surface area is 145 Å². The summed E-state index contributed by atoms with van der Waals surface area (Å²) in [6.45, 7) is 1.12. The van der Waals surface area contributed by atoms with Crippen LogP contribution in [0, 0.1) is 5.82 Å². The first-order chi connectivity index (χ1) is 12.1. The molecule has 1 aliphatic heterocycles. The average Bonchev–Trinajstić information content (AvgIpc) is 3.24. The Balaban J connectivity index is 1.59. The van der Waals surface area contributed by atoms with Gasteiger partial charge in [0.25, 0.3) is 0 Å². The van der Waals surface area contributed by atoms with Gasteiger partial charge in [-0.25, -0.2) is 18.4 Å². The molecular weight excluding hydrogens is 324 g/mol. The molecule has 5 nitrogen and oxygen atoms in total. The molecule has 25 heavy (non-hydrogen) atoms. The average molecular weight is 347 g/mol. The van der Waals surface area contributed by atoms with Crippen LogP contribution in [0.2, 0.25) is 0 Å². The molecule has 1 saturated carbocycles. The summed E-state index contributed by atoms with van der Waals surface area (Å²) < 4.78 is 29.2. The number of hydrogen-bond acceptors (Lipinski definition) is 4. The Kier molecular flexibility index (Phi) is 4.52. The molecule has 2 aromatic rings. The Morgan fingerprint density at radius 2 is 1.80 bits per heavy atom. The van der Waals surface area contributed by atoms with E-state index in [4.69, 9.17) is 5.73 Å². The van der Waals surface area contributed by atoms with Crippen LogP contribution in [0.5, 0.6) is 0 Å². The van der Waals surface area contributed by atoms with Crippen LogP contribution < -0.4 is 5.73 Å². The minimum Gasteiger partial charge on any atom is -0.326 e. The molecule has 7 heteroatoms. The third kappa shape index (κ3) is 3.43. The zero-order chi connectivity index (χ0) is 17.4. The van der Waals surface area contributed by atoms with E-state index in [1.807, 2.05) is 16.8 Å². The van der Waals surface area contributed by atoms with E-state index < -0.39 is 6.17 Å². The summed E-state index contributed by atoms with van der Waals surface area (Å²) >= 11 is 0. The molecule has 2 heterocycles. The molecule has 5 atom stereocenters. The largest absolute Gasteiger partial charge is 0.326 e. The van der Waals surface area contributed by atoms with Gasteiger partial charge in [-0.05, 0) is 42.9 Å². The van der Waals surface area contributed by atoms with Gasteiger partial charge in [-0.1, -0.05) is 12.1 Å². The third-order valence-electron chi connectivity index (χ3n) is 5.54. The SMILES string of the molecule is NC1CC(F)CN([C@H]2CC(c3ccc(F)cc3)C[C@@H]2n2cncn2)C1. The van der Waals surface area contributed by atoms with Crippen LogP contribution >= 0.6 is 0 Å². The Bertz CT molecular complexity index is 680. The van der Waals surface area contributed by atoms with Crippen molar-refractivity contribution in [2.75, 3.05) is 13.1 Å². The second-order valence-corrected chi connectivity index (χ2v) is 7.28. The summed E-state index contributed by atoms with van der Waals surface area (Å²) in [7, 11) is 0. The van der Waals surface area contributed by atoms with Gasteiger partial charge in [0.1, 0.15) is 24.6 Å². The summed E-state index contributed by atoms with van der Waals surface area (Å²) in [6.07, 6.45) is 4.56. The van der Waals surface area contributed by atoms with Gasteiger partial charge in [-0.3, -0.25) is 4.90 Å². The van der Waals surface area contributed by atoms with Crippen LogP contribution in [0.15, 0.2) is 36.9 Å². The first-order valence-corrected chi connectivity index (χ1v) is 8.83. The number of nitrogens with two attached hydrogens (primary N) is 1. The van der Waals surface area contributed by atoms with E-state index in [0.29, 0.717) is 19.5 Å². The topological polar surface area (TPSA) is 60.0 Å². The molecule has 2 aliphatic rings. The molecule has 1 saturated heterocycles. The van der Waals surface area contributed by atoms with Crippen LogP contribution in [0.4, 0.5) is 8.78 Å². The summed E-state index contributed by atoms with van der Waals surface area (Å²) in [5, 5.41) is 4.32. The number of rotatable bonds is 3. The van der Waals surface area contributed by atoms with Crippen molar-refractivity contribution in [2.24, 2.45) is 5.73 Å². The fourth-order valence-electron chi connectivity index (χ4n) is 4.44. The number of nitrogens with zero attached hydrogens (tertiary/aromatic N) is 4. The summed E-state index contributed by atoms with van der Waals surface area (Å²) in [4.78, 5) is 6.25. The number of aromatic nitrogens is 3. The highest BCUT2D eigenvalue weighted by molar-refractivity contribution is 5.23. The lowest BCUT2D eigenvalue weighted by atomic mass is 9.96. The molecule has 134 valence electrons. The maximum Gasteiger partial charge on any atom is 0.137 e. The number of piperidine rings is 1. The first-order valence-electron chi connectivity index (χ1n) is 8.83. The molecule has 2 fully saturated rings. The predicted octanol–water partition coefficient (Wildman–Crippen LogP) is 2.28. The lowest BCUT2D eigenvalue weighted by Crippen LogP contribution is -2.53. The molecule has 0 amide bonds. The second-order valence-electron chi connectivity index (χ2n) is 7.28. The lowest BCUT2D eigenvalue weighted by molar-refractivity contribution is 0.0690. The smallest absolute Gasteiger partial charge is 0.137 e. The van der Waals surface area contributed by atoms with Crippen molar-refractivity contribution in [2.45, 2.75) is 49.5 Å². The number of halogens is 2. The summed E-state index contributed by atoms with van der Waals surface area (Å²) in [5.74, 6) is 0.0596. The molecule has 0 bridgehead atoms.